The molecule has 0 aromatic carbocycles. The third kappa shape index (κ3) is 5.04. The first-order valence-corrected chi connectivity index (χ1v) is 6.46. The van der Waals surface area contributed by atoms with Gasteiger partial charge >= 0.3 is 0 Å². The fraction of sp³-hybridized carbons (Fsp3) is 0.615. The van der Waals surface area contributed by atoms with Gasteiger partial charge in [0.15, 0.2) is 0 Å². The van der Waals surface area contributed by atoms with Gasteiger partial charge in [-0.3, -0.25) is 0 Å². The predicted octanol–water partition coefficient (Wildman–Crippen LogP) is 2.27. The molecule has 0 aliphatic rings. The van der Waals surface area contributed by atoms with Crippen LogP contribution in [0.5, 0.6) is 0 Å². The highest BCUT2D eigenvalue weighted by atomic mass is 15.1. The van der Waals surface area contributed by atoms with Gasteiger partial charge in [0.25, 0.3) is 0 Å². The van der Waals surface area contributed by atoms with E-state index in [1.807, 2.05) is 12.3 Å². The second-order valence-electron chi connectivity index (χ2n) is 3.92. The van der Waals surface area contributed by atoms with E-state index in [0.717, 1.165) is 44.2 Å². The lowest BCUT2D eigenvalue weighted by molar-refractivity contribution is 0.316. The lowest BCUT2D eigenvalue weighted by Crippen LogP contribution is -2.28. The van der Waals surface area contributed by atoms with E-state index in [1.54, 1.807) is 0 Å². The van der Waals surface area contributed by atoms with Gasteiger partial charge in [0.2, 0.25) is 0 Å². The van der Waals surface area contributed by atoms with Gasteiger partial charge in [0.05, 0.1) is 11.9 Å². The number of likely N-dealkylation sites (N-methyl/N-ethyl adjacent to an activating group) is 1. The molecule has 96 valence electrons. The molecule has 0 aliphatic carbocycles. The van der Waals surface area contributed by atoms with E-state index in [-0.39, 0.29) is 0 Å². The fourth-order valence-electron chi connectivity index (χ4n) is 1.69. The molecule has 0 amide bonds. The maximum absolute atomic E-state index is 4.35. The van der Waals surface area contributed by atoms with Crippen LogP contribution in [0.2, 0.25) is 0 Å². The summed E-state index contributed by atoms with van der Waals surface area (Å²) in [5, 5.41) is 6.56. The molecule has 1 aromatic rings. The molecule has 0 fully saturated rings. The number of hydrogen-bond acceptors (Lipinski definition) is 4. The summed E-state index contributed by atoms with van der Waals surface area (Å²) < 4.78 is 0. The summed E-state index contributed by atoms with van der Waals surface area (Å²) in [5.74, 6) is 0.943. The molecular weight excluding hydrogens is 212 g/mol. The Morgan fingerprint density at radius 3 is 2.41 bits per heavy atom. The van der Waals surface area contributed by atoms with Crippen molar-refractivity contribution in [1.29, 1.82) is 0 Å². The van der Waals surface area contributed by atoms with Crippen molar-refractivity contribution < 1.29 is 0 Å². The van der Waals surface area contributed by atoms with Gasteiger partial charge in [0, 0.05) is 19.6 Å². The maximum atomic E-state index is 4.35. The minimum atomic E-state index is 0.927. The fourth-order valence-corrected chi connectivity index (χ4v) is 1.69. The van der Waals surface area contributed by atoms with E-state index in [4.69, 9.17) is 0 Å². The van der Waals surface area contributed by atoms with Crippen LogP contribution < -0.4 is 10.6 Å². The van der Waals surface area contributed by atoms with Gasteiger partial charge in [0.1, 0.15) is 5.82 Å². The summed E-state index contributed by atoms with van der Waals surface area (Å²) in [4.78, 5) is 6.74. The van der Waals surface area contributed by atoms with E-state index >= 15 is 0 Å². The van der Waals surface area contributed by atoms with Gasteiger partial charge < -0.3 is 15.5 Å². The molecule has 0 aliphatic heterocycles. The minimum absolute atomic E-state index is 0.927. The van der Waals surface area contributed by atoms with Crippen LogP contribution in [0.15, 0.2) is 18.3 Å². The van der Waals surface area contributed by atoms with E-state index in [9.17, 15) is 0 Å². The third-order valence-corrected chi connectivity index (χ3v) is 2.77. The molecule has 0 radical (unpaired) electrons. The Labute approximate surface area is 104 Å². The van der Waals surface area contributed by atoms with Gasteiger partial charge in [-0.25, -0.2) is 4.98 Å². The number of hydrogen-bond donors (Lipinski definition) is 2. The summed E-state index contributed by atoms with van der Waals surface area (Å²) in [7, 11) is 0. The average Bonchev–Trinajstić information content (AvgIpc) is 2.37. The molecule has 0 saturated heterocycles. The van der Waals surface area contributed by atoms with Crippen molar-refractivity contribution in [3.63, 3.8) is 0 Å². The summed E-state index contributed by atoms with van der Waals surface area (Å²) in [6, 6.07) is 4.07. The van der Waals surface area contributed by atoms with Crippen LogP contribution in [0.1, 0.15) is 20.8 Å². The first-order chi connectivity index (χ1) is 8.30. The maximum Gasteiger partial charge on any atom is 0.126 e. The second kappa shape index (κ2) is 7.90. The Morgan fingerprint density at radius 2 is 1.88 bits per heavy atom. The zero-order valence-electron chi connectivity index (χ0n) is 11.2. The van der Waals surface area contributed by atoms with Crippen molar-refractivity contribution >= 4 is 11.5 Å². The van der Waals surface area contributed by atoms with Crippen molar-refractivity contribution in [2.24, 2.45) is 0 Å². The molecule has 0 atom stereocenters. The Balaban J connectivity index is 2.31. The van der Waals surface area contributed by atoms with E-state index in [1.165, 1.54) is 0 Å². The van der Waals surface area contributed by atoms with E-state index < -0.39 is 0 Å². The highest BCUT2D eigenvalue weighted by molar-refractivity contribution is 5.46. The molecule has 4 nitrogen and oxygen atoms in total. The second-order valence-corrected chi connectivity index (χ2v) is 3.92. The van der Waals surface area contributed by atoms with Crippen LogP contribution in [-0.2, 0) is 0 Å². The molecule has 1 aromatic heterocycles. The lowest BCUT2D eigenvalue weighted by atomic mass is 10.4. The first kappa shape index (κ1) is 13.8. The number of nitrogens with zero attached hydrogens (tertiary/aromatic N) is 2. The topological polar surface area (TPSA) is 40.2 Å². The smallest absolute Gasteiger partial charge is 0.126 e. The summed E-state index contributed by atoms with van der Waals surface area (Å²) >= 11 is 0. The Morgan fingerprint density at radius 1 is 1.12 bits per heavy atom. The summed E-state index contributed by atoms with van der Waals surface area (Å²) in [6.07, 6.45) is 1.86. The summed E-state index contributed by atoms with van der Waals surface area (Å²) in [5.41, 5.74) is 1.07. The quantitative estimate of drug-likeness (QED) is 0.726. The molecule has 4 heteroatoms. The average molecular weight is 236 g/mol. The standard InChI is InChI=1S/C13H24N4/c1-4-14-12-7-8-13(16-11-12)15-9-10-17(5-2)6-3/h7-8,11,14H,4-6,9-10H2,1-3H3,(H,15,16). The van der Waals surface area contributed by atoms with Crippen molar-refractivity contribution in [1.82, 2.24) is 9.88 Å². The van der Waals surface area contributed by atoms with Crippen molar-refractivity contribution in [2.75, 3.05) is 43.4 Å². The summed E-state index contributed by atoms with van der Waals surface area (Å²) in [6.45, 7) is 11.6. The molecule has 1 heterocycles. The van der Waals surface area contributed by atoms with Gasteiger partial charge in [-0.1, -0.05) is 13.8 Å². The Kier molecular flexibility index (Phi) is 6.40. The predicted molar refractivity (Wildman–Crippen MR) is 74.7 cm³/mol. The monoisotopic (exact) mass is 236 g/mol. The highest BCUT2D eigenvalue weighted by Gasteiger charge is 1.99. The normalized spacial score (nSPS) is 10.6. The van der Waals surface area contributed by atoms with Crippen LogP contribution in [0.4, 0.5) is 11.5 Å². The third-order valence-electron chi connectivity index (χ3n) is 2.77. The number of aromatic nitrogens is 1. The number of pyridine rings is 1. The van der Waals surface area contributed by atoms with Crippen molar-refractivity contribution in [2.45, 2.75) is 20.8 Å². The molecule has 0 spiro atoms. The molecule has 17 heavy (non-hydrogen) atoms. The van der Waals surface area contributed by atoms with Crippen LogP contribution >= 0.6 is 0 Å². The van der Waals surface area contributed by atoms with E-state index in [0.29, 0.717) is 0 Å². The zero-order valence-corrected chi connectivity index (χ0v) is 11.2. The van der Waals surface area contributed by atoms with Gasteiger partial charge in [-0.05, 0) is 32.1 Å². The molecule has 2 N–H and O–H groups in total. The Hall–Kier alpha value is -1.29. The zero-order chi connectivity index (χ0) is 12.5. The Bertz CT molecular complexity index is 293. The number of anilines is 2. The lowest BCUT2D eigenvalue weighted by Gasteiger charge is -2.18. The molecule has 0 bridgehead atoms. The molecule has 0 saturated carbocycles. The van der Waals surface area contributed by atoms with Crippen LogP contribution in [-0.4, -0.2) is 42.6 Å². The van der Waals surface area contributed by atoms with Gasteiger partial charge in [-0.2, -0.15) is 0 Å². The van der Waals surface area contributed by atoms with Crippen LogP contribution in [0, 0.1) is 0 Å². The number of rotatable bonds is 8. The highest BCUT2D eigenvalue weighted by Crippen LogP contribution is 2.08. The minimum Gasteiger partial charge on any atom is -0.384 e. The SMILES string of the molecule is CCNc1ccc(NCCN(CC)CC)nc1. The van der Waals surface area contributed by atoms with Crippen molar-refractivity contribution in [3.05, 3.63) is 18.3 Å². The van der Waals surface area contributed by atoms with Crippen LogP contribution in [0.3, 0.4) is 0 Å². The van der Waals surface area contributed by atoms with Crippen molar-refractivity contribution in [3.8, 4) is 0 Å². The molecular formula is C13H24N4. The van der Waals surface area contributed by atoms with Gasteiger partial charge in [-0.15, -0.1) is 0 Å². The molecule has 1 rings (SSSR count). The van der Waals surface area contributed by atoms with Crippen LogP contribution in [0.25, 0.3) is 0 Å². The number of nitrogens with one attached hydrogen (secondary N) is 2. The molecule has 0 unspecified atom stereocenters. The largest absolute Gasteiger partial charge is 0.384 e. The first-order valence-electron chi connectivity index (χ1n) is 6.46. The van der Waals surface area contributed by atoms with E-state index in [2.05, 4.69) is 47.4 Å².